The molecule has 0 saturated heterocycles. The molecule has 0 aliphatic heterocycles. The molecule has 34 heavy (non-hydrogen) atoms. The first-order valence-electron chi connectivity index (χ1n) is 10.6. The van der Waals surface area contributed by atoms with E-state index in [1.54, 1.807) is 13.2 Å². The van der Waals surface area contributed by atoms with E-state index in [2.05, 4.69) is 5.32 Å². The van der Waals surface area contributed by atoms with Crippen LogP contribution in [-0.4, -0.2) is 18.9 Å². The molecule has 0 aliphatic rings. The summed E-state index contributed by atoms with van der Waals surface area (Å²) in [5, 5.41) is 6.70. The van der Waals surface area contributed by atoms with Gasteiger partial charge in [0.25, 0.3) is 0 Å². The van der Waals surface area contributed by atoms with E-state index in [1.165, 1.54) is 45.8 Å². The van der Waals surface area contributed by atoms with Gasteiger partial charge in [0.15, 0.2) is 0 Å². The summed E-state index contributed by atoms with van der Waals surface area (Å²) >= 11 is 2.84. The predicted molar refractivity (Wildman–Crippen MR) is 134 cm³/mol. The number of anilines is 1. The minimum absolute atomic E-state index is 0.113. The Labute approximate surface area is 205 Å². The molecule has 0 spiro atoms. The molecule has 4 aromatic rings. The molecule has 0 radical (unpaired) electrons. The van der Waals surface area contributed by atoms with Crippen LogP contribution >= 0.6 is 22.7 Å². The van der Waals surface area contributed by atoms with Crippen molar-refractivity contribution in [3.05, 3.63) is 105 Å². The second-order valence-corrected chi connectivity index (χ2v) is 9.50. The van der Waals surface area contributed by atoms with E-state index in [1.807, 2.05) is 59.3 Å². The number of rotatable bonds is 9. The monoisotopic (exact) mass is 494 g/mol. The van der Waals surface area contributed by atoms with Crippen molar-refractivity contribution in [2.45, 2.75) is 19.0 Å². The first-order chi connectivity index (χ1) is 16.5. The Balaban J connectivity index is 1.65. The van der Waals surface area contributed by atoms with E-state index in [-0.39, 0.29) is 24.8 Å². The normalized spacial score (nSPS) is 11.6. The van der Waals surface area contributed by atoms with E-state index < -0.39 is 11.9 Å². The summed E-state index contributed by atoms with van der Waals surface area (Å²) in [6.07, 6.45) is 0.113. The zero-order valence-electron chi connectivity index (χ0n) is 18.4. The lowest BCUT2D eigenvalue weighted by Crippen LogP contribution is -2.44. The first-order valence-corrected chi connectivity index (χ1v) is 12.3. The maximum atomic E-state index is 14.2. The van der Waals surface area contributed by atoms with E-state index in [0.717, 1.165) is 16.2 Å². The molecule has 2 heterocycles. The Hall–Kier alpha value is -3.49. The standard InChI is InChI=1S/C26H23FN2O3S2/c1-32-21-11-9-18(10-12-21)17-28-26(31)25(23-8-4-14-34-23)29(20-6-2-5-19(27)15-20)24(30)16-22-7-3-13-33-22/h2-15,25H,16-17H2,1H3,(H,28,31). The highest BCUT2D eigenvalue weighted by atomic mass is 32.1. The van der Waals surface area contributed by atoms with Crippen molar-refractivity contribution in [1.29, 1.82) is 0 Å². The number of methoxy groups -OCH3 is 1. The molecule has 1 N–H and O–H groups in total. The van der Waals surface area contributed by atoms with Crippen molar-refractivity contribution in [3.8, 4) is 5.75 Å². The second kappa shape index (κ2) is 11.1. The van der Waals surface area contributed by atoms with Crippen LogP contribution in [0.2, 0.25) is 0 Å². The van der Waals surface area contributed by atoms with Gasteiger partial charge in [-0.15, -0.1) is 22.7 Å². The molecular formula is C26H23FN2O3S2. The average Bonchev–Trinajstić information content (AvgIpc) is 3.56. The molecule has 174 valence electrons. The van der Waals surface area contributed by atoms with Crippen molar-refractivity contribution in [2.24, 2.45) is 0 Å². The van der Waals surface area contributed by atoms with Gasteiger partial charge in [0.1, 0.15) is 17.6 Å². The minimum atomic E-state index is -0.937. The van der Waals surface area contributed by atoms with Gasteiger partial charge in [-0.05, 0) is 58.8 Å². The maximum Gasteiger partial charge on any atom is 0.248 e. The molecule has 0 bridgehead atoms. The van der Waals surface area contributed by atoms with Crippen LogP contribution in [-0.2, 0) is 22.6 Å². The predicted octanol–water partition coefficient (Wildman–Crippen LogP) is 5.59. The third-order valence-electron chi connectivity index (χ3n) is 5.21. The summed E-state index contributed by atoms with van der Waals surface area (Å²) in [6.45, 7) is 0.279. The number of hydrogen-bond acceptors (Lipinski definition) is 5. The van der Waals surface area contributed by atoms with Gasteiger partial charge in [-0.25, -0.2) is 4.39 Å². The molecule has 4 rings (SSSR count). The average molecular weight is 495 g/mol. The molecule has 2 aromatic carbocycles. The van der Waals surface area contributed by atoms with Gasteiger partial charge in [0.05, 0.1) is 13.5 Å². The van der Waals surface area contributed by atoms with Crippen molar-refractivity contribution in [1.82, 2.24) is 5.32 Å². The Morgan fingerprint density at radius 3 is 2.41 bits per heavy atom. The Morgan fingerprint density at radius 2 is 1.76 bits per heavy atom. The number of carbonyl (C=O) groups excluding carboxylic acids is 2. The van der Waals surface area contributed by atoms with Gasteiger partial charge in [-0.1, -0.05) is 30.3 Å². The van der Waals surface area contributed by atoms with Crippen molar-refractivity contribution >= 4 is 40.2 Å². The number of thiophene rings is 2. The van der Waals surface area contributed by atoms with Crippen LogP contribution in [0.1, 0.15) is 21.4 Å². The molecule has 1 atom stereocenters. The zero-order chi connectivity index (χ0) is 23.9. The zero-order valence-corrected chi connectivity index (χ0v) is 20.1. The number of amides is 2. The molecule has 0 aliphatic carbocycles. The first kappa shape index (κ1) is 23.7. The molecular weight excluding hydrogens is 471 g/mol. The molecule has 5 nitrogen and oxygen atoms in total. The summed E-state index contributed by atoms with van der Waals surface area (Å²) in [6, 6.07) is 19.6. The van der Waals surface area contributed by atoms with Gasteiger partial charge in [0, 0.05) is 22.0 Å². The third kappa shape index (κ3) is 5.70. The van der Waals surface area contributed by atoms with E-state index in [9.17, 15) is 14.0 Å². The number of nitrogens with one attached hydrogen (secondary N) is 1. The number of halogens is 1. The lowest BCUT2D eigenvalue weighted by molar-refractivity contribution is -0.126. The fourth-order valence-corrected chi connectivity index (χ4v) is 5.07. The number of carbonyl (C=O) groups is 2. The number of hydrogen-bond donors (Lipinski definition) is 1. The highest BCUT2D eigenvalue weighted by Crippen LogP contribution is 2.32. The SMILES string of the molecule is COc1ccc(CNC(=O)C(c2cccs2)N(C(=O)Cc2cccs2)c2cccc(F)c2)cc1. The van der Waals surface area contributed by atoms with Crippen LogP contribution in [0.25, 0.3) is 0 Å². The minimum Gasteiger partial charge on any atom is -0.497 e. The number of nitrogens with zero attached hydrogens (tertiary/aromatic N) is 1. The van der Waals surface area contributed by atoms with E-state index in [4.69, 9.17) is 4.74 Å². The van der Waals surface area contributed by atoms with Crippen LogP contribution in [0.4, 0.5) is 10.1 Å². The fourth-order valence-electron chi connectivity index (χ4n) is 3.56. The Kier molecular flexibility index (Phi) is 7.72. The molecule has 2 aromatic heterocycles. The number of benzene rings is 2. The smallest absolute Gasteiger partial charge is 0.248 e. The Morgan fingerprint density at radius 1 is 1.00 bits per heavy atom. The highest BCUT2D eigenvalue weighted by molar-refractivity contribution is 7.10. The third-order valence-corrected chi connectivity index (χ3v) is 7.01. The van der Waals surface area contributed by atoms with Crippen molar-refractivity contribution in [2.75, 3.05) is 12.0 Å². The van der Waals surface area contributed by atoms with Gasteiger partial charge in [-0.2, -0.15) is 0 Å². The van der Waals surface area contributed by atoms with Gasteiger partial charge in [-0.3, -0.25) is 14.5 Å². The maximum absolute atomic E-state index is 14.2. The Bertz CT molecular complexity index is 1230. The molecule has 1 unspecified atom stereocenters. The lowest BCUT2D eigenvalue weighted by Gasteiger charge is -2.30. The van der Waals surface area contributed by atoms with Crippen LogP contribution in [0.3, 0.4) is 0 Å². The second-order valence-electron chi connectivity index (χ2n) is 7.48. The van der Waals surface area contributed by atoms with Gasteiger partial charge < -0.3 is 10.1 Å². The van der Waals surface area contributed by atoms with Crippen LogP contribution in [0.15, 0.2) is 83.6 Å². The van der Waals surface area contributed by atoms with E-state index >= 15 is 0 Å². The van der Waals surface area contributed by atoms with Crippen LogP contribution in [0.5, 0.6) is 5.75 Å². The summed E-state index contributed by atoms with van der Waals surface area (Å²) in [7, 11) is 1.59. The summed E-state index contributed by atoms with van der Waals surface area (Å²) < 4.78 is 19.3. The largest absolute Gasteiger partial charge is 0.497 e. The number of ether oxygens (including phenoxy) is 1. The summed E-state index contributed by atoms with van der Waals surface area (Å²) in [5.74, 6) is -0.383. The summed E-state index contributed by atoms with van der Waals surface area (Å²) in [4.78, 5) is 30.0. The van der Waals surface area contributed by atoms with Crippen LogP contribution < -0.4 is 15.0 Å². The molecule has 8 heteroatoms. The van der Waals surface area contributed by atoms with Crippen molar-refractivity contribution < 1.29 is 18.7 Å². The summed E-state index contributed by atoms with van der Waals surface area (Å²) in [5.41, 5.74) is 1.22. The van der Waals surface area contributed by atoms with Gasteiger partial charge in [0.2, 0.25) is 11.8 Å². The quantitative estimate of drug-likeness (QED) is 0.330. The van der Waals surface area contributed by atoms with Crippen LogP contribution in [0, 0.1) is 5.82 Å². The lowest BCUT2D eigenvalue weighted by atomic mass is 10.1. The highest BCUT2D eigenvalue weighted by Gasteiger charge is 2.33. The molecule has 0 saturated carbocycles. The van der Waals surface area contributed by atoms with E-state index in [0.29, 0.717) is 10.6 Å². The topological polar surface area (TPSA) is 58.6 Å². The fraction of sp³-hybridized carbons (Fsp3) is 0.154. The van der Waals surface area contributed by atoms with Crippen molar-refractivity contribution in [3.63, 3.8) is 0 Å². The molecule has 2 amide bonds. The van der Waals surface area contributed by atoms with Gasteiger partial charge >= 0.3 is 0 Å². The molecule has 0 fully saturated rings.